The summed E-state index contributed by atoms with van der Waals surface area (Å²) in [5.41, 5.74) is 0.974. The molecule has 30 heavy (non-hydrogen) atoms. The Bertz CT molecular complexity index is 877. The van der Waals surface area contributed by atoms with Gasteiger partial charge in [-0.1, -0.05) is 82.9 Å². The second-order valence-electron chi connectivity index (χ2n) is 7.75. The van der Waals surface area contributed by atoms with Gasteiger partial charge < -0.3 is 9.84 Å². The van der Waals surface area contributed by atoms with Crippen LogP contribution in [0.5, 0.6) is 17.2 Å². The molecule has 0 bridgehead atoms. The summed E-state index contributed by atoms with van der Waals surface area (Å²) < 4.78 is 38.4. The van der Waals surface area contributed by atoms with E-state index in [4.69, 9.17) is 4.74 Å². The SMILES string of the molecule is CCCCCCCCCCCCc1ccccc1Oc1cc(O)ccc1S(=O)(=O)O. The zero-order valence-corrected chi connectivity index (χ0v) is 18.7. The molecule has 0 amide bonds. The Morgan fingerprint density at radius 1 is 0.800 bits per heavy atom. The fourth-order valence-corrected chi connectivity index (χ4v) is 4.12. The highest BCUT2D eigenvalue weighted by molar-refractivity contribution is 7.86. The summed E-state index contributed by atoms with van der Waals surface area (Å²) in [4.78, 5) is -0.367. The standard InChI is InChI=1S/C24H34O5S/c1-2-3-4-5-6-7-8-9-10-11-14-20-15-12-13-16-22(20)29-23-19-21(25)17-18-24(23)30(26,27)28/h12-13,15-19,25H,2-11,14H2,1H3,(H,26,27,28). The van der Waals surface area contributed by atoms with Gasteiger partial charge in [0.1, 0.15) is 16.4 Å². The van der Waals surface area contributed by atoms with E-state index in [1.165, 1.54) is 63.5 Å². The van der Waals surface area contributed by atoms with Crippen molar-refractivity contribution in [2.45, 2.75) is 82.4 Å². The first-order chi connectivity index (χ1) is 14.4. The lowest BCUT2D eigenvalue weighted by Gasteiger charge is -2.13. The number of ether oxygens (including phenoxy) is 1. The van der Waals surface area contributed by atoms with Crippen molar-refractivity contribution in [2.75, 3.05) is 0 Å². The van der Waals surface area contributed by atoms with Crippen LogP contribution in [0, 0.1) is 0 Å². The minimum Gasteiger partial charge on any atom is -0.508 e. The molecule has 2 rings (SSSR count). The Morgan fingerprint density at radius 3 is 2.03 bits per heavy atom. The third-order valence-corrected chi connectivity index (χ3v) is 6.09. The average Bonchev–Trinajstić information content (AvgIpc) is 2.69. The maximum atomic E-state index is 11.6. The van der Waals surface area contributed by atoms with Gasteiger partial charge in [0.25, 0.3) is 10.1 Å². The highest BCUT2D eigenvalue weighted by Crippen LogP contribution is 2.34. The molecular formula is C24H34O5S. The Labute approximate surface area is 180 Å². The van der Waals surface area contributed by atoms with E-state index >= 15 is 0 Å². The number of aryl methyl sites for hydroxylation is 1. The number of para-hydroxylation sites is 1. The molecule has 5 nitrogen and oxygen atoms in total. The minimum atomic E-state index is -4.46. The van der Waals surface area contributed by atoms with E-state index in [0.29, 0.717) is 5.75 Å². The van der Waals surface area contributed by atoms with Crippen molar-refractivity contribution in [1.29, 1.82) is 0 Å². The fourth-order valence-electron chi connectivity index (χ4n) is 3.52. The van der Waals surface area contributed by atoms with Crippen LogP contribution in [-0.4, -0.2) is 18.1 Å². The van der Waals surface area contributed by atoms with Crippen molar-refractivity contribution >= 4 is 10.1 Å². The monoisotopic (exact) mass is 434 g/mol. The maximum absolute atomic E-state index is 11.6. The summed E-state index contributed by atoms with van der Waals surface area (Å²) in [5.74, 6) is 0.307. The van der Waals surface area contributed by atoms with Crippen molar-refractivity contribution < 1.29 is 22.8 Å². The molecular weight excluding hydrogens is 400 g/mol. The van der Waals surface area contributed by atoms with Gasteiger partial charge >= 0.3 is 0 Å². The van der Waals surface area contributed by atoms with Gasteiger partial charge in [0.2, 0.25) is 0 Å². The molecule has 0 radical (unpaired) electrons. The molecule has 166 valence electrons. The van der Waals surface area contributed by atoms with E-state index in [2.05, 4.69) is 6.92 Å². The van der Waals surface area contributed by atoms with Crippen molar-refractivity contribution in [3.63, 3.8) is 0 Å². The van der Waals surface area contributed by atoms with Gasteiger partial charge in [-0.15, -0.1) is 0 Å². The minimum absolute atomic E-state index is 0.0898. The second-order valence-corrected chi connectivity index (χ2v) is 9.14. The Hall–Kier alpha value is -2.05. The van der Waals surface area contributed by atoms with Crippen LogP contribution in [0.15, 0.2) is 47.4 Å². The predicted octanol–water partition coefficient (Wildman–Crippen LogP) is 6.89. The quantitative estimate of drug-likeness (QED) is 0.250. The smallest absolute Gasteiger partial charge is 0.298 e. The molecule has 0 unspecified atom stereocenters. The average molecular weight is 435 g/mol. The van der Waals surface area contributed by atoms with Crippen molar-refractivity contribution in [3.05, 3.63) is 48.0 Å². The molecule has 2 aromatic carbocycles. The summed E-state index contributed by atoms with van der Waals surface area (Å²) >= 11 is 0. The number of unbranched alkanes of at least 4 members (excludes halogenated alkanes) is 9. The molecule has 0 saturated heterocycles. The summed E-state index contributed by atoms with van der Waals surface area (Å²) in [5, 5.41) is 9.70. The first kappa shape index (κ1) is 24.2. The van der Waals surface area contributed by atoms with Gasteiger partial charge in [0.05, 0.1) is 0 Å². The molecule has 0 spiro atoms. The van der Waals surface area contributed by atoms with Crippen LogP contribution >= 0.6 is 0 Å². The van der Waals surface area contributed by atoms with E-state index < -0.39 is 10.1 Å². The second kappa shape index (κ2) is 12.6. The lowest BCUT2D eigenvalue weighted by Crippen LogP contribution is -2.02. The fraction of sp³-hybridized carbons (Fsp3) is 0.500. The van der Waals surface area contributed by atoms with E-state index in [9.17, 15) is 18.1 Å². The van der Waals surface area contributed by atoms with E-state index in [-0.39, 0.29) is 16.4 Å². The van der Waals surface area contributed by atoms with Crippen LogP contribution in [0.25, 0.3) is 0 Å². The lowest BCUT2D eigenvalue weighted by molar-refractivity contribution is 0.433. The first-order valence-corrected chi connectivity index (χ1v) is 12.4. The van der Waals surface area contributed by atoms with Gasteiger partial charge in [-0.2, -0.15) is 8.42 Å². The van der Waals surface area contributed by atoms with Crippen LogP contribution in [0.2, 0.25) is 0 Å². The number of phenolic OH excluding ortho intramolecular Hbond substituents is 1. The molecule has 0 aliphatic carbocycles. The van der Waals surface area contributed by atoms with Crippen LogP contribution in [0.1, 0.15) is 76.7 Å². The van der Waals surface area contributed by atoms with Crippen LogP contribution in [0.3, 0.4) is 0 Å². The van der Waals surface area contributed by atoms with Gasteiger partial charge in [-0.3, -0.25) is 4.55 Å². The highest BCUT2D eigenvalue weighted by Gasteiger charge is 2.18. The van der Waals surface area contributed by atoms with Gasteiger partial charge in [0.15, 0.2) is 5.75 Å². The molecule has 0 saturated carbocycles. The topological polar surface area (TPSA) is 83.8 Å². The van der Waals surface area contributed by atoms with E-state index in [1.54, 1.807) is 6.07 Å². The van der Waals surface area contributed by atoms with Crippen LogP contribution in [0.4, 0.5) is 0 Å². The maximum Gasteiger partial charge on any atom is 0.298 e. The molecule has 2 aromatic rings. The Kier molecular flexibility index (Phi) is 10.2. The Balaban J connectivity index is 1.87. The number of aromatic hydroxyl groups is 1. The highest BCUT2D eigenvalue weighted by atomic mass is 32.2. The number of hydrogen-bond acceptors (Lipinski definition) is 4. The number of benzene rings is 2. The van der Waals surface area contributed by atoms with Crippen molar-refractivity contribution in [3.8, 4) is 17.2 Å². The predicted molar refractivity (Wildman–Crippen MR) is 120 cm³/mol. The molecule has 0 atom stereocenters. The van der Waals surface area contributed by atoms with Gasteiger partial charge in [0, 0.05) is 6.07 Å². The first-order valence-electron chi connectivity index (χ1n) is 11.0. The van der Waals surface area contributed by atoms with Crippen LogP contribution < -0.4 is 4.74 Å². The number of rotatable bonds is 14. The lowest BCUT2D eigenvalue weighted by atomic mass is 10.0. The zero-order valence-electron chi connectivity index (χ0n) is 17.8. The molecule has 0 heterocycles. The molecule has 0 aliphatic heterocycles. The molecule has 2 N–H and O–H groups in total. The summed E-state index contributed by atoms with van der Waals surface area (Å²) in [6.07, 6.45) is 13.5. The van der Waals surface area contributed by atoms with Gasteiger partial charge in [-0.25, -0.2) is 0 Å². The largest absolute Gasteiger partial charge is 0.508 e. The number of hydrogen-bond donors (Lipinski definition) is 2. The van der Waals surface area contributed by atoms with E-state index in [1.807, 2.05) is 18.2 Å². The third kappa shape index (κ3) is 8.36. The van der Waals surface area contributed by atoms with Crippen molar-refractivity contribution in [1.82, 2.24) is 0 Å². The van der Waals surface area contributed by atoms with Crippen molar-refractivity contribution in [2.24, 2.45) is 0 Å². The number of phenols is 1. The Morgan fingerprint density at radius 2 is 1.40 bits per heavy atom. The molecule has 0 fully saturated rings. The molecule has 6 heteroatoms. The normalized spacial score (nSPS) is 11.5. The van der Waals surface area contributed by atoms with Gasteiger partial charge in [-0.05, 0) is 36.6 Å². The van der Waals surface area contributed by atoms with Crippen LogP contribution in [-0.2, 0) is 16.5 Å². The third-order valence-electron chi connectivity index (χ3n) is 5.20. The summed E-state index contributed by atoms with van der Waals surface area (Å²) in [7, 11) is -4.46. The zero-order chi connectivity index (χ0) is 21.8. The molecule has 0 aromatic heterocycles. The summed E-state index contributed by atoms with van der Waals surface area (Å²) in [6, 6.07) is 11.0. The van der Waals surface area contributed by atoms with E-state index in [0.717, 1.165) is 30.9 Å². The molecule has 0 aliphatic rings. The summed E-state index contributed by atoms with van der Waals surface area (Å²) in [6.45, 7) is 2.24.